The maximum Gasteiger partial charge on any atom is 0.526 e. The van der Waals surface area contributed by atoms with Crippen LogP contribution >= 0.6 is 11.3 Å². The molecule has 174 valence electrons. The van der Waals surface area contributed by atoms with Gasteiger partial charge in [-0.05, 0) is 18.1 Å². The average molecular weight is 475 g/mol. The maximum absolute atomic E-state index is 13.0. The summed E-state index contributed by atoms with van der Waals surface area (Å²) in [5.41, 5.74) is 11.5. The Hall–Kier alpha value is -3.49. The van der Waals surface area contributed by atoms with Gasteiger partial charge in [-0.3, -0.25) is 9.59 Å². The van der Waals surface area contributed by atoms with Gasteiger partial charge in [0.15, 0.2) is 23.2 Å². The molecule has 0 spiro atoms. The number of nitrogens with two attached hydrogens (primary N) is 2. The van der Waals surface area contributed by atoms with Crippen LogP contribution in [0.5, 0.6) is 5.75 Å². The number of amides is 1. The fourth-order valence-electron chi connectivity index (χ4n) is 3.22. The van der Waals surface area contributed by atoms with Crippen LogP contribution < -0.4 is 21.4 Å². The number of thiazole rings is 1. The van der Waals surface area contributed by atoms with Gasteiger partial charge in [0.25, 0.3) is 5.91 Å². The summed E-state index contributed by atoms with van der Waals surface area (Å²) in [4.78, 5) is 45.2. The number of para-hydroxylation sites is 1. The van der Waals surface area contributed by atoms with Crippen LogP contribution in [0.25, 0.3) is 0 Å². The number of rotatable bonds is 10. The predicted octanol–water partition coefficient (Wildman–Crippen LogP) is -0.336. The van der Waals surface area contributed by atoms with Crippen LogP contribution in [0.2, 0.25) is 5.82 Å². The fourth-order valence-corrected chi connectivity index (χ4v) is 3.76. The molecule has 1 atom stereocenters. The molecule has 2 aromatic rings. The molecule has 3 rings (SSSR count). The van der Waals surface area contributed by atoms with Crippen molar-refractivity contribution < 1.29 is 34.0 Å². The molecule has 0 fully saturated rings. The van der Waals surface area contributed by atoms with Gasteiger partial charge < -0.3 is 36.4 Å². The van der Waals surface area contributed by atoms with Gasteiger partial charge in [-0.2, -0.15) is 0 Å². The zero-order valence-corrected chi connectivity index (χ0v) is 18.2. The highest BCUT2D eigenvalue weighted by Crippen LogP contribution is 2.36. The van der Waals surface area contributed by atoms with Crippen LogP contribution in [0.4, 0.5) is 5.13 Å². The number of nitrogens with zero attached hydrogens (tertiary/aromatic N) is 2. The number of ketones is 1. The number of oxime groups is 1. The van der Waals surface area contributed by atoms with Gasteiger partial charge in [0.05, 0.1) is 5.56 Å². The minimum Gasteiger partial charge on any atom is -0.535 e. The number of hydrogen-bond acceptors (Lipinski definition) is 11. The van der Waals surface area contributed by atoms with E-state index >= 15 is 0 Å². The first kappa shape index (κ1) is 24.2. The topological polar surface area (TPSA) is 199 Å². The third kappa shape index (κ3) is 6.06. The average Bonchev–Trinajstić information content (AvgIpc) is 3.20. The van der Waals surface area contributed by atoms with Crippen molar-refractivity contribution >= 4 is 47.0 Å². The summed E-state index contributed by atoms with van der Waals surface area (Å²) in [5.74, 6) is -2.77. The third-order valence-corrected chi connectivity index (χ3v) is 5.42. The lowest BCUT2D eigenvalue weighted by atomic mass is 9.64. The lowest BCUT2D eigenvalue weighted by Crippen LogP contribution is -2.37. The number of carbonyl (C=O) groups excluding carboxylic acids is 2. The minimum atomic E-state index is -1.41. The summed E-state index contributed by atoms with van der Waals surface area (Å²) < 4.78 is 5.43. The van der Waals surface area contributed by atoms with Crippen LogP contribution in [0.15, 0.2) is 28.7 Å². The summed E-state index contributed by atoms with van der Waals surface area (Å²) in [6.45, 7) is 0.0988. The van der Waals surface area contributed by atoms with Crippen molar-refractivity contribution in [3.63, 3.8) is 0 Å². The van der Waals surface area contributed by atoms with E-state index in [1.165, 1.54) is 11.4 Å². The monoisotopic (exact) mass is 475 g/mol. The number of fused-ring (bicyclic) bond motifs is 1. The Morgan fingerprint density at radius 3 is 2.85 bits per heavy atom. The van der Waals surface area contributed by atoms with Crippen LogP contribution in [0.3, 0.4) is 0 Å². The number of nitrogen functional groups attached to an aromatic ring is 1. The first-order chi connectivity index (χ1) is 15.8. The van der Waals surface area contributed by atoms with Crippen molar-refractivity contribution in [1.29, 1.82) is 0 Å². The number of benzene rings is 1. The van der Waals surface area contributed by atoms with Crippen molar-refractivity contribution in [2.75, 3.05) is 25.4 Å². The van der Waals surface area contributed by atoms with Gasteiger partial charge in [0, 0.05) is 30.7 Å². The van der Waals surface area contributed by atoms with Gasteiger partial charge in [-0.15, -0.1) is 11.3 Å². The normalized spacial score (nSPS) is 15.4. The highest BCUT2D eigenvalue weighted by atomic mass is 32.1. The van der Waals surface area contributed by atoms with E-state index in [2.05, 4.69) is 15.5 Å². The van der Waals surface area contributed by atoms with Gasteiger partial charge in [-0.25, -0.2) is 9.78 Å². The molecule has 0 unspecified atom stereocenters. The number of aromatic carboxylic acids is 1. The SMILES string of the molecule is NCCNC(=O)CO/N=C(\C(=O)C[C@H]1Cc2cccc(C(=O)O)c2OB1O)c1csc(N)n1. The second kappa shape index (κ2) is 10.9. The maximum atomic E-state index is 13.0. The van der Waals surface area contributed by atoms with Crippen LogP contribution in [0.1, 0.15) is 28.0 Å². The molecule has 2 heterocycles. The molecule has 0 bridgehead atoms. The zero-order valence-electron chi connectivity index (χ0n) is 17.4. The van der Waals surface area contributed by atoms with E-state index in [1.54, 1.807) is 12.1 Å². The summed E-state index contributed by atoms with van der Waals surface area (Å²) in [5, 5.41) is 27.8. The fraction of sp³-hybridized carbons (Fsp3) is 0.316. The molecule has 0 radical (unpaired) electrons. The number of carbonyl (C=O) groups is 3. The Morgan fingerprint density at radius 1 is 1.39 bits per heavy atom. The number of Topliss-reactive ketones (excluding diaryl/α,β-unsaturated/α-hetero) is 1. The van der Waals surface area contributed by atoms with Gasteiger partial charge in [0.2, 0.25) is 0 Å². The number of carboxylic acid groups (broad SMARTS) is 1. The Bertz CT molecular complexity index is 1080. The molecule has 1 aliphatic heterocycles. The number of anilines is 1. The summed E-state index contributed by atoms with van der Waals surface area (Å²) in [6, 6.07) is 4.61. The van der Waals surface area contributed by atoms with E-state index in [4.69, 9.17) is 21.0 Å². The summed E-state index contributed by atoms with van der Waals surface area (Å²) >= 11 is 1.10. The van der Waals surface area contributed by atoms with Crippen molar-refractivity contribution in [2.45, 2.75) is 18.7 Å². The minimum absolute atomic E-state index is 0.0714. The van der Waals surface area contributed by atoms with E-state index in [0.29, 0.717) is 5.56 Å². The number of hydrogen-bond donors (Lipinski definition) is 5. The lowest BCUT2D eigenvalue weighted by molar-refractivity contribution is -0.125. The molecule has 0 aliphatic carbocycles. The Balaban J connectivity index is 1.75. The quantitative estimate of drug-likeness (QED) is 0.172. The smallest absolute Gasteiger partial charge is 0.526 e. The molecule has 12 nitrogen and oxygen atoms in total. The van der Waals surface area contributed by atoms with E-state index in [9.17, 15) is 24.5 Å². The van der Waals surface area contributed by atoms with E-state index in [-0.39, 0.29) is 53.8 Å². The predicted molar refractivity (Wildman–Crippen MR) is 120 cm³/mol. The molecule has 33 heavy (non-hydrogen) atoms. The first-order valence-electron chi connectivity index (χ1n) is 9.91. The molecule has 0 saturated carbocycles. The Morgan fingerprint density at radius 2 is 2.18 bits per heavy atom. The number of aromatic nitrogens is 1. The standard InChI is InChI=1S/C19H22BN5O7S/c21-4-5-23-15(27)8-31-25-16(13-9-33-19(22)24-13)14(26)7-11-6-10-2-1-3-12(18(28)29)17(10)32-20(11)30/h1-3,9,11,30H,4-8,21H2,(H2,22,24)(H,23,27)(H,28,29)/b25-16-/t11-/m1/s1. The highest BCUT2D eigenvalue weighted by molar-refractivity contribution is 7.13. The molecule has 1 aromatic carbocycles. The summed E-state index contributed by atoms with van der Waals surface area (Å²) in [7, 11) is -1.41. The second-order valence-electron chi connectivity index (χ2n) is 7.12. The van der Waals surface area contributed by atoms with Crippen molar-refractivity contribution in [3.8, 4) is 5.75 Å². The van der Waals surface area contributed by atoms with Crippen molar-refractivity contribution in [3.05, 3.63) is 40.4 Å². The molecule has 1 amide bonds. The van der Waals surface area contributed by atoms with Gasteiger partial charge >= 0.3 is 13.1 Å². The Kier molecular flexibility index (Phi) is 7.98. The van der Waals surface area contributed by atoms with Crippen LogP contribution in [0, 0.1) is 0 Å². The molecule has 1 aliphatic rings. The first-order valence-corrected chi connectivity index (χ1v) is 10.8. The third-order valence-electron chi connectivity index (χ3n) is 4.75. The highest BCUT2D eigenvalue weighted by Gasteiger charge is 2.38. The molecule has 1 aromatic heterocycles. The lowest BCUT2D eigenvalue weighted by Gasteiger charge is -2.28. The van der Waals surface area contributed by atoms with Crippen LogP contribution in [-0.4, -0.2) is 65.3 Å². The Labute approximate surface area is 192 Å². The van der Waals surface area contributed by atoms with E-state index < -0.39 is 37.2 Å². The number of carboxylic acids is 1. The second-order valence-corrected chi connectivity index (χ2v) is 8.01. The van der Waals surface area contributed by atoms with Gasteiger partial charge in [-0.1, -0.05) is 17.3 Å². The molecule has 14 heteroatoms. The molecular formula is C19H22BN5O7S. The molecule has 0 saturated heterocycles. The van der Waals surface area contributed by atoms with Gasteiger partial charge in [0.1, 0.15) is 11.4 Å². The summed E-state index contributed by atoms with van der Waals surface area (Å²) in [6.07, 6.45) is 0.00902. The zero-order chi connectivity index (χ0) is 24.0. The van der Waals surface area contributed by atoms with E-state index in [1.807, 2.05) is 0 Å². The van der Waals surface area contributed by atoms with Crippen LogP contribution in [-0.2, 0) is 20.8 Å². The van der Waals surface area contributed by atoms with E-state index in [0.717, 1.165) is 11.3 Å². The molecule has 7 N–H and O–H groups in total. The number of nitrogens with one attached hydrogen (secondary N) is 1. The van der Waals surface area contributed by atoms with Crippen molar-refractivity contribution in [1.82, 2.24) is 10.3 Å². The largest absolute Gasteiger partial charge is 0.535 e. The van der Waals surface area contributed by atoms with Crippen molar-refractivity contribution in [2.24, 2.45) is 10.9 Å². The molecular weight excluding hydrogens is 453 g/mol.